The highest BCUT2D eigenvalue weighted by Crippen LogP contribution is 2.28. The standard InChI is InChI=1S/C19H23NO5/c1-13-8-9-15(17(10-13)24-2)18(22)16(21)11-20-19(23)25-12-14-6-4-3-5-7-14/h3-10,16,18,21-22H,11-12H2,1-2H3,(H,20,23). The molecule has 0 aromatic heterocycles. The summed E-state index contributed by atoms with van der Waals surface area (Å²) in [7, 11) is 1.50. The molecule has 25 heavy (non-hydrogen) atoms. The van der Waals surface area contributed by atoms with Crippen molar-refractivity contribution in [2.45, 2.75) is 25.7 Å². The van der Waals surface area contributed by atoms with Gasteiger partial charge in [0.2, 0.25) is 0 Å². The zero-order valence-corrected chi connectivity index (χ0v) is 14.3. The van der Waals surface area contributed by atoms with Crippen LogP contribution in [0.15, 0.2) is 48.5 Å². The summed E-state index contributed by atoms with van der Waals surface area (Å²) in [5.41, 5.74) is 2.30. The number of hydrogen-bond donors (Lipinski definition) is 3. The lowest BCUT2D eigenvalue weighted by atomic mass is 10.0. The van der Waals surface area contributed by atoms with Gasteiger partial charge in [-0.05, 0) is 24.1 Å². The van der Waals surface area contributed by atoms with E-state index in [0.29, 0.717) is 11.3 Å². The Morgan fingerprint density at radius 1 is 1.16 bits per heavy atom. The molecule has 0 bridgehead atoms. The molecular formula is C19H23NO5. The number of aliphatic hydroxyl groups excluding tert-OH is 2. The van der Waals surface area contributed by atoms with Crippen LogP contribution in [-0.2, 0) is 11.3 Å². The fourth-order valence-corrected chi connectivity index (χ4v) is 2.34. The molecule has 2 rings (SSSR count). The summed E-state index contributed by atoms with van der Waals surface area (Å²) in [6.45, 7) is 1.89. The van der Waals surface area contributed by atoms with Gasteiger partial charge in [-0.2, -0.15) is 0 Å². The zero-order chi connectivity index (χ0) is 18.2. The first-order chi connectivity index (χ1) is 12.0. The number of hydrogen-bond acceptors (Lipinski definition) is 5. The highest BCUT2D eigenvalue weighted by molar-refractivity contribution is 5.67. The van der Waals surface area contributed by atoms with E-state index < -0.39 is 18.3 Å². The number of aryl methyl sites for hydroxylation is 1. The fourth-order valence-electron chi connectivity index (χ4n) is 2.34. The van der Waals surface area contributed by atoms with Crippen LogP contribution in [0.25, 0.3) is 0 Å². The Hall–Kier alpha value is -2.57. The van der Waals surface area contributed by atoms with Gasteiger partial charge in [0.25, 0.3) is 0 Å². The average Bonchev–Trinajstić information content (AvgIpc) is 2.64. The van der Waals surface area contributed by atoms with Gasteiger partial charge in [-0.3, -0.25) is 0 Å². The molecule has 3 N–H and O–H groups in total. The van der Waals surface area contributed by atoms with Crippen LogP contribution in [0.4, 0.5) is 4.79 Å². The molecule has 6 nitrogen and oxygen atoms in total. The van der Waals surface area contributed by atoms with E-state index in [9.17, 15) is 15.0 Å². The van der Waals surface area contributed by atoms with Crippen molar-refractivity contribution < 1.29 is 24.5 Å². The molecule has 1 amide bonds. The topological polar surface area (TPSA) is 88.0 Å². The predicted octanol–water partition coefficient (Wildman–Crippen LogP) is 2.32. The number of amides is 1. The van der Waals surface area contributed by atoms with Crippen LogP contribution in [0.3, 0.4) is 0 Å². The number of rotatable bonds is 7. The molecule has 2 aromatic rings. The molecule has 0 fully saturated rings. The van der Waals surface area contributed by atoms with Gasteiger partial charge in [0.05, 0.1) is 7.11 Å². The molecule has 0 aliphatic rings. The lowest BCUT2D eigenvalue weighted by Crippen LogP contribution is -2.35. The van der Waals surface area contributed by atoms with E-state index in [2.05, 4.69) is 5.32 Å². The molecule has 0 aliphatic carbocycles. The minimum Gasteiger partial charge on any atom is -0.496 e. The van der Waals surface area contributed by atoms with E-state index >= 15 is 0 Å². The van der Waals surface area contributed by atoms with Crippen LogP contribution in [0, 0.1) is 6.92 Å². The van der Waals surface area contributed by atoms with Gasteiger partial charge >= 0.3 is 6.09 Å². The van der Waals surface area contributed by atoms with Crippen molar-refractivity contribution in [1.82, 2.24) is 5.32 Å². The Morgan fingerprint density at radius 2 is 1.88 bits per heavy atom. The maximum Gasteiger partial charge on any atom is 0.407 e. The minimum absolute atomic E-state index is 0.136. The van der Waals surface area contributed by atoms with Crippen molar-refractivity contribution >= 4 is 6.09 Å². The van der Waals surface area contributed by atoms with Gasteiger partial charge in [0.15, 0.2) is 0 Å². The normalized spacial score (nSPS) is 13.0. The van der Waals surface area contributed by atoms with Crippen LogP contribution in [-0.4, -0.2) is 36.1 Å². The first-order valence-electron chi connectivity index (χ1n) is 7.96. The highest BCUT2D eigenvalue weighted by atomic mass is 16.5. The summed E-state index contributed by atoms with van der Waals surface area (Å²) in [5.74, 6) is 0.484. The Balaban J connectivity index is 1.84. The van der Waals surface area contributed by atoms with Gasteiger partial charge < -0.3 is 25.0 Å². The van der Waals surface area contributed by atoms with E-state index in [4.69, 9.17) is 9.47 Å². The number of benzene rings is 2. The molecule has 0 spiro atoms. The van der Waals surface area contributed by atoms with E-state index in [0.717, 1.165) is 11.1 Å². The molecule has 2 atom stereocenters. The number of carbonyl (C=O) groups is 1. The van der Waals surface area contributed by atoms with Crippen LogP contribution < -0.4 is 10.1 Å². The van der Waals surface area contributed by atoms with Crippen molar-refractivity contribution in [3.63, 3.8) is 0 Å². The molecule has 0 heterocycles. The molecule has 0 saturated carbocycles. The predicted molar refractivity (Wildman–Crippen MR) is 93.3 cm³/mol. The van der Waals surface area contributed by atoms with Gasteiger partial charge in [-0.15, -0.1) is 0 Å². The Labute approximate surface area is 147 Å². The van der Waals surface area contributed by atoms with Gasteiger partial charge in [0, 0.05) is 12.1 Å². The second kappa shape index (κ2) is 9.05. The molecular weight excluding hydrogens is 322 g/mol. The molecule has 0 radical (unpaired) electrons. The number of aliphatic hydroxyl groups is 2. The van der Waals surface area contributed by atoms with Crippen LogP contribution in [0.5, 0.6) is 5.75 Å². The largest absolute Gasteiger partial charge is 0.496 e. The van der Waals surface area contributed by atoms with Crippen molar-refractivity contribution in [2.24, 2.45) is 0 Å². The SMILES string of the molecule is COc1cc(C)ccc1C(O)C(O)CNC(=O)OCc1ccccc1. The summed E-state index contributed by atoms with van der Waals surface area (Å²) in [6.07, 6.45) is -3.04. The van der Waals surface area contributed by atoms with Gasteiger partial charge in [-0.1, -0.05) is 42.5 Å². The Kier molecular flexibility index (Phi) is 6.80. The average molecular weight is 345 g/mol. The third-order valence-electron chi connectivity index (χ3n) is 3.74. The summed E-state index contributed by atoms with van der Waals surface area (Å²) in [6, 6.07) is 14.5. The molecule has 0 aliphatic heterocycles. The smallest absolute Gasteiger partial charge is 0.407 e. The number of carbonyl (C=O) groups excluding carboxylic acids is 1. The van der Waals surface area contributed by atoms with Crippen LogP contribution in [0.1, 0.15) is 22.8 Å². The van der Waals surface area contributed by atoms with E-state index in [1.54, 1.807) is 12.1 Å². The Bertz CT molecular complexity index is 689. The van der Waals surface area contributed by atoms with Crippen molar-refractivity contribution in [3.05, 3.63) is 65.2 Å². The van der Waals surface area contributed by atoms with Gasteiger partial charge in [-0.25, -0.2) is 4.79 Å². The highest BCUT2D eigenvalue weighted by Gasteiger charge is 2.22. The molecule has 0 saturated heterocycles. The summed E-state index contributed by atoms with van der Waals surface area (Å²) >= 11 is 0. The zero-order valence-electron chi connectivity index (χ0n) is 14.3. The van der Waals surface area contributed by atoms with E-state index in [1.165, 1.54) is 7.11 Å². The first-order valence-corrected chi connectivity index (χ1v) is 7.96. The molecule has 2 aromatic carbocycles. The molecule has 2 unspecified atom stereocenters. The number of alkyl carbamates (subject to hydrolysis) is 1. The lowest BCUT2D eigenvalue weighted by Gasteiger charge is -2.21. The number of methoxy groups -OCH3 is 1. The summed E-state index contributed by atoms with van der Waals surface area (Å²) < 4.78 is 10.3. The maximum atomic E-state index is 11.7. The first kappa shape index (κ1) is 18.8. The van der Waals surface area contributed by atoms with E-state index in [-0.39, 0.29) is 13.2 Å². The third kappa shape index (κ3) is 5.48. The fraction of sp³-hybridized carbons (Fsp3) is 0.316. The second-order valence-corrected chi connectivity index (χ2v) is 5.70. The Morgan fingerprint density at radius 3 is 2.56 bits per heavy atom. The van der Waals surface area contributed by atoms with Crippen molar-refractivity contribution in [2.75, 3.05) is 13.7 Å². The maximum absolute atomic E-state index is 11.7. The van der Waals surface area contributed by atoms with Gasteiger partial charge in [0.1, 0.15) is 24.6 Å². The molecule has 6 heteroatoms. The van der Waals surface area contributed by atoms with Crippen molar-refractivity contribution in [3.8, 4) is 5.75 Å². The minimum atomic E-state index is -1.19. The van der Waals surface area contributed by atoms with E-state index in [1.807, 2.05) is 43.3 Å². The molecule has 134 valence electrons. The summed E-state index contributed by atoms with van der Waals surface area (Å²) in [5, 5.41) is 22.8. The third-order valence-corrected chi connectivity index (χ3v) is 3.74. The quantitative estimate of drug-likeness (QED) is 0.717. The monoisotopic (exact) mass is 345 g/mol. The lowest BCUT2D eigenvalue weighted by molar-refractivity contribution is 0.0171. The number of ether oxygens (including phenoxy) is 2. The van der Waals surface area contributed by atoms with Crippen LogP contribution in [0.2, 0.25) is 0 Å². The van der Waals surface area contributed by atoms with Crippen molar-refractivity contribution in [1.29, 1.82) is 0 Å². The van der Waals surface area contributed by atoms with Crippen LogP contribution >= 0.6 is 0 Å². The number of nitrogens with one attached hydrogen (secondary N) is 1. The summed E-state index contributed by atoms with van der Waals surface area (Å²) in [4.78, 5) is 11.7. The second-order valence-electron chi connectivity index (χ2n) is 5.70.